The predicted molar refractivity (Wildman–Crippen MR) is 219 cm³/mol. The summed E-state index contributed by atoms with van der Waals surface area (Å²) in [5, 5.41) is 14.3. The van der Waals surface area contributed by atoms with Gasteiger partial charge in [-0.3, -0.25) is 19.4 Å². The summed E-state index contributed by atoms with van der Waals surface area (Å²) in [6.45, 7) is 7.94. The van der Waals surface area contributed by atoms with Crippen LogP contribution in [0.3, 0.4) is 0 Å². The Morgan fingerprint density at radius 1 is 1.03 bits per heavy atom. The number of hydrogen-bond acceptors (Lipinski definition) is 11. The molecule has 12 heteroatoms. The number of rotatable bonds is 7. The highest BCUT2D eigenvalue weighted by molar-refractivity contribution is 5.95. The molecule has 6 heterocycles. The summed E-state index contributed by atoms with van der Waals surface area (Å²) >= 11 is 0. The van der Waals surface area contributed by atoms with Crippen LogP contribution in [-0.4, -0.2) is 123 Å². The van der Waals surface area contributed by atoms with Crippen LogP contribution < -0.4 is 9.64 Å². The molecule has 2 aromatic carbocycles. The van der Waals surface area contributed by atoms with Crippen molar-refractivity contribution in [2.75, 3.05) is 66.0 Å². The lowest BCUT2D eigenvalue weighted by molar-refractivity contribution is -0.228. The second kappa shape index (κ2) is 13.7. The summed E-state index contributed by atoms with van der Waals surface area (Å²) in [6.07, 6.45) is 5.10. The number of esters is 3. The highest BCUT2D eigenvalue weighted by Gasteiger charge is 2.80. The third kappa shape index (κ3) is 4.94. The number of fused-ring (bicyclic) bond motifs is 6. The van der Waals surface area contributed by atoms with Crippen LogP contribution in [0.5, 0.6) is 5.75 Å². The van der Waals surface area contributed by atoms with E-state index in [1.807, 2.05) is 61.4 Å². The maximum Gasteiger partial charge on any atom is 0.344 e. The van der Waals surface area contributed by atoms with Crippen molar-refractivity contribution < 1.29 is 41.2 Å². The maximum atomic E-state index is 15.3. The fourth-order valence-electron chi connectivity index (χ4n) is 12.9. The van der Waals surface area contributed by atoms with Gasteiger partial charge < -0.3 is 33.9 Å². The van der Waals surface area contributed by atoms with E-state index in [1.54, 1.807) is 14.0 Å². The van der Waals surface area contributed by atoms with Crippen LogP contribution in [0.4, 0.5) is 5.69 Å². The van der Waals surface area contributed by atoms with Gasteiger partial charge in [0, 0.05) is 93.7 Å². The van der Waals surface area contributed by atoms with Crippen LogP contribution in [0.1, 0.15) is 71.5 Å². The zero-order valence-corrected chi connectivity index (χ0v) is 34.5. The molecule has 308 valence electrons. The van der Waals surface area contributed by atoms with E-state index >= 15 is 4.79 Å². The van der Waals surface area contributed by atoms with E-state index in [1.165, 1.54) is 21.1 Å². The first-order valence-electron chi connectivity index (χ1n) is 21.5. The molecule has 12 nitrogen and oxygen atoms in total. The second-order valence-electron chi connectivity index (χ2n) is 17.3. The lowest BCUT2D eigenvalue weighted by Crippen LogP contribution is -2.81. The molecule has 1 saturated heterocycles. The van der Waals surface area contributed by atoms with Crippen molar-refractivity contribution in [1.82, 2.24) is 14.8 Å². The van der Waals surface area contributed by atoms with Gasteiger partial charge in [-0.25, -0.2) is 4.79 Å². The van der Waals surface area contributed by atoms with E-state index in [0.717, 1.165) is 27.7 Å². The highest BCUT2D eigenvalue weighted by atomic mass is 16.6. The van der Waals surface area contributed by atoms with Crippen molar-refractivity contribution in [2.24, 2.45) is 11.3 Å². The Morgan fingerprint density at radius 2 is 1.81 bits per heavy atom. The fraction of sp³-hybridized carbons (Fsp3) is 0.543. The number of benzene rings is 2. The number of anilines is 1. The van der Waals surface area contributed by atoms with Gasteiger partial charge in [0.2, 0.25) is 5.60 Å². The number of H-pyrrole nitrogens is 1. The Labute approximate surface area is 342 Å². The number of nitrogens with zero attached hydrogens (tertiary/aromatic N) is 3. The fourth-order valence-corrected chi connectivity index (χ4v) is 12.9. The summed E-state index contributed by atoms with van der Waals surface area (Å²) in [5.41, 5.74) is -0.343. The number of likely N-dealkylation sites (N-methyl/N-ethyl adjacent to an activating group) is 1. The molecular weight excluding hydrogens is 737 g/mol. The number of carbonyl (C=O) groups is 3. The average molecular weight is 795 g/mol. The van der Waals surface area contributed by atoms with E-state index in [9.17, 15) is 14.7 Å². The molecule has 1 unspecified atom stereocenters. The van der Waals surface area contributed by atoms with Gasteiger partial charge in [-0.15, -0.1) is 0 Å². The zero-order chi connectivity index (χ0) is 42.7. The molecule has 6 aliphatic rings. The largest absolute Gasteiger partial charge is 0.496 e. The maximum absolute atomic E-state index is 15.3. The van der Waals surface area contributed by atoms with Crippen molar-refractivity contribution in [3.05, 3.63) is 82.6 Å². The highest BCUT2D eigenvalue weighted by Crippen LogP contribution is 2.68. The molecular formula is C46H56N4O8. The van der Waals surface area contributed by atoms with Gasteiger partial charge in [0.05, 0.1) is 27.4 Å². The van der Waals surface area contributed by atoms with Crippen molar-refractivity contribution in [1.29, 1.82) is 0 Å². The lowest BCUT2D eigenvalue weighted by Gasteiger charge is -2.63. The molecule has 2 bridgehead atoms. The van der Waals surface area contributed by atoms with Gasteiger partial charge in [0.15, 0.2) is 6.10 Å². The Bertz CT molecular complexity index is 2360. The molecule has 1 saturated carbocycles. The van der Waals surface area contributed by atoms with Gasteiger partial charge in [-0.1, -0.05) is 55.8 Å². The second-order valence-corrected chi connectivity index (χ2v) is 17.3. The van der Waals surface area contributed by atoms with E-state index < -0.39 is 58.3 Å². The molecule has 1 spiro atoms. The van der Waals surface area contributed by atoms with Gasteiger partial charge in [-0.2, -0.15) is 0 Å². The molecule has 0 amide bonds. The number of nitrogens with one attached hydrogen (secondary N) is 1. The van der Waals surface area contributed by atoms with Gasteiger partial charge >= 0.3 is 17.9 Å². The van der Waals surface area contributed by atoms with E-state index in [4.69, 9.17) is 21.7 Å². The molecule has 1 aromatic heterocycles. The number of carbonyl (C=O) groups excluding carboxylic acids is 3. The van der Waals surface area contributed by atoms with Crippen LogP contribution in [-0.2, 0) is 45.8 Å². The smallest absolute Gasteiger partial charge is 0.344 e. The predicted octanol–water partition coefficient (Wildman–Crippen LogP) is 4.80. The number of ether oxygens (including phenoxy) is 4. The minimum Gasteiger partial charge on any atom is -0.496 e. The van der Waals surface area contributed by atoms with Crippen molar-refractivity contribution in [3.63, 3.8) is 0 Å². The zero-order valence-electron chi connectivity index (χ0n) is 36.5. The van der Waals surface area contributed by atoms with Crippen molar-refractivity contribution in [3.8, 4) is 5.75 Å². The molecule has 2 N–H and O–H groups in total. The number of aromatic nitrogens is 1. The Morgan fingerprint density at radius 3 is 2.52 bits per heavy atom. The normalized spacial score (nSPS) is 35.5. The molecule has 1 aliphatic carbocycles. The number of para-hydroxylation sites is 1. The van der Waals surface area contributed by atoms with E-state index in [-0.39, 0.29) is 18.4 Å². The van der Waals surface area contributed by atoms with Crippen molar-refractivity contribution >= 4 is 34.5 Å². The molecule has 9 atom stereocenters. The van der Waals surface area contributed by atoms with E-state index in [2.05, 4.69) is 26.9 Å². The average Bonchev–Trinajstić information content (AvgIpc) is 3.89. The first-order chi connectivity index (χ1) is 28.6. The van der Waals surface area contributed by atoms with Crippen LogP contribution >= 0.6 is 0 Å². The molecule has 5 aliphatic heterocycles. The van der Waals surface area contributed by atoms with Gasteiger partial charge in [0.1, 0.15) is 11.2 Å². The third-order valence-electron chi connectivity index (χ3n) is 14.9. The minimum absolute atomic E-state index is 0.245. The van der Waals surface area contributed by atoms with Crippen molar-refractivity contribution in [2.45, 2.75) is 87.4 Å². The summed E-state index contributed by atoms with van der Waals surface area (Å²) in [5.74, 6) is -1.82. The summed E-state index contributed by atoms with van der Waals surface area (Å²) in [6, 6.07) is 10.8. The number of aliphatic hydroxyl groups is 1. The van der Waals surface area contributed by atoms with Crippen LogP contribution in [0, 0.1) is 11.3 Å². The summed E-state index contributed by atoms with van der Waals surface area (Å²) < 4.78 is 41.4. The quantitative estimate of drug-likeness (QED) is 0.194. The van der Waals surface area contributed by atoms with E-state index in [0.29, 0.717) is 74.6 Å². The number of methoxy groups -OCH3 is 3. The van der Waals surface area contributed by atoms with Crippen LogP contribution in [0.25, 0.3) is 10.9 Å². The monoisotopic (exact) mass is 794 g/mol. The Balaban J connectivity index is 1.37. The molecule has 2 fully saturated rings. The lowest BCUT2D eigenvalue weighted by atomic mass is 9.47. The summed E-state index contributed by atoms with van der Waals surface area (Å²) in [7, 11) is 6.08. The number of hydrogen-bond donors (Lipinski definition) is 2. The Kier molecular flexibility index (Phi) is 8.61. The SMILES string of the molecule is [2H]C([2H])(C)C1=C[C@H]2CN(CCc3c([nH]c4ccccc34)[C@@](C(=O)OC)(c3cc4c(cc3OC)N(C)[C@H]3[C@@](O)(C(=O)OC)[C@H](OC(C)=O)[C@]5(CC)C=CCN6CC[C@]43[C@@H]65)C2)C1. The first kappa shape index (κ1) is 36.4. The summed E-state index contributed by atoms with van der Waals surface area (Å²) in [4.78, 5) is 53.1. The Hall–Kier alpha value is -4.65. The van der Waals surface area contributed by atoms with Gasteiger partial charge in [0.25, 0.3) is 0 Å². The molecule has 0 radical (unpaired) electrons. The molecule has 3 aromatic rings. The van der Waals surface area contributed by atoms with Crippen LogP contribution in [0.2, 0.25) is 0 Å². The van der Waals surface area contributed by atoms with Crippen LogP contribution in [0.15, 0.2) is 60.2 Å². The third-order valence-corrected chi connectivity index (χ3v) is 14.9. The first-order valence-corrected chi connectivity index (χ1v) is 20.5. The van der Waals surface area contributed by atoms with Gasteiger partial charge in [-0.05, 0) is 67.8 Å². The number of aromatic amines is 1. The minimum atomic E-state index is -2.32. The topological polar surface area (TPSA) is 134 Å². The standard InChI is InChI=1S/C46H56N4O8/c1-8-28-21-29-24-45(41(52)56-6,37-31(15-19-49(25-28)26-29)30-13-10-11-14-34(30)47-37)33-22-32-35(23-36(33)55-5)48(4)39-44(32)17-20-50-18-12-16-43(9-2,38(44)50)40(58-27(3)51)46(39,54)42(53)57-7/h10-14,16,21-23,29,38-40,47,54H,8-9,15,17-20,24-26H2,1-7H3/t29-,38+,39-,40-,43-,44-,45+,46+/m1/s1/i8D2. The molecule has 9 rings (SSSR count). The molecule has 58 heavy (non-hydrogen) atoms.